The number of amides is 1. The second-order valence-electron chi connectivity index (χ2n) is 6.88. The molecule has 3 aromatic carbocycles. The highest BCUT2D eigenvalue weighted by Gasteiger charge is 2.31. The molecule has 152 valence electrons. The molecule has 1 saturated heterocycles. The molecular weight excluding hydrogens is 424 g/mol. The molecule has 0 aromatic heterocycles. The summed E-state index contributed by atoms with van der Waals surface area (Å²) in [6.07, 6.45) is 1.85. The van der Waals surface area contributed by atoms with Crippen LogP contribution in [-0.2, 0) is 17.9 Å². The lowest BCUT2D eigenvalue weighted by atomic mass is 10.1. The van der Waals surface area contributed by atoms with Crippen LogP contribution in [0.2, 0.25) is 0 Å². The Morgan fingerprint density at radius 2 is 1.71 bits per heavy atom. The molecule has 1 aliphatic rings. The molecular formula is C25H18N2O2S2. The van der Waals surface area contributed by atoms with Crippen LogP contribution in [-0.4, -0.2) is 15.1 Å². The second-order valence-corrected chi connectivity index (χ2v) is 8.56. The highest BCUT2D eigenvalue weighted by atomic mass is 32.2. The van der Waals surface area contributed by atoms with Gasteiger partial charge in [0.15, 0.2) is 0 Å². The number of nitriles is 1. The topological polar surface area (TPSA) is 53.3 Å². The Labute approximate surface area is 190 Å². The van der Waals surface area contributed by atoms with Crippen LogP contribution in [0, 0.1) is 11.3 Å². The van der Waals surface area contributed by atoms with Gasteiger partial charge < -0.3 is 4.74 Å². The molecule has 0 N–H and O–H groups in total. The van der Waals surface area contributed by atoms with E-state index in [0.717, 1.165) is 16.7 Å². The molecule has 1 fully saturated rings. The Hall–Kier alpha value is -3.40. The summed E-state index contributed by atoms with van der Waals surface area (Å²) < 4.78 is 6.37. The van der Waals surface area contributed by atoms with Gasteiger partial charge in [-0.2, -0.15) is 5.26 Å². The van der Waals surface area contributed by atoms with Crippen molar-refractivity contribution in [1.29, 1.82) is 5.26 Å². The quantitative estimate of drug-likeness (QED) is 0.371. The SMILES string of the molecule is N#Cc1ccccc1COc1ccc(C=C2SC(=S)N(Cc3ccccc3)C2=O)cc1. The number of rotatable bonds is 6. The van der Waals surface area contributed by atoms with Crippen molar-refractivity contribution in [2.24, 2.45) is 0 Å². The molecule has 1 heterocycles. The Morgan fingerprint density at radius 1 is 1.00 bits per heavy atom. The molecule has 0 bridgehead atoms. The summed E-state index contributed by atoms with van der Waals surface area (Å²) in [6, 6.07) is 26.9. The Morgan fingerprint density at radius 3 is 2.45 bits per heavy atom. The average molecular weight is 443 g/mol. The van der Waals surface area contributed by atoms with Crippen molar-refractivity contribution in [3.05, 3.63) is 106 Å². The van der Waals surface area contributed by atoms with Crippen molar-refractivity contribution in [2.45, 2.75) is 13.2 Å². The molecule has 4 nitrogen and oxygen atoms in total. The fourth-order valence-electron chi connectivity index (χ4n) is 3.13. The molecule has 0 aliphatic carbocycles. The van der Waals surface area contributed by atoms with E-state index in [1.807, 2.05) is 78.9 Å². The van der Waals surface area contributed by atoms with Gasteiger partial charge in [-0.3, -0.25) is 9.69 Å². The molecule has 0 spiro atoms. The summed E-state index contributed by atoms with van der Waals surface area (Å²) >= 11 is 6.74. The summed E-state index contributed by atoms with van der Waals surface area (Å²) in [6.45, 7) is 0.793. The fraction of sp³-hybridized carbons (Fsp3) is 0.0800. The van der Waals surface area contributed by atoms with Gasteiger partial charge in [-0.05, 0) is 35.4 Å². The normalized spacial score (nSPS) is 14.7. The zero-order chi connectivity index (χ0) is 21.6. The second kappa shape index (κ2) is 9.61. The lowest BCUT2D eigenvalue weighted by Gasteiger charge is -2.14. The van der Waals surface area contributed by atoms with E-state index >= 15 is 0 Å². The molecule has 0 radical (unpaired) electrons. The Bertz CT molecular complexity index is 1180. The predicted octanol–water partition coefficient (Wildman–Crippen LogP) is 5.54. The van der Waals surface area contributed by atoms with E-state index in [2.05, 4.69) is 6.07 Å². The third-order valence-electron chi connectivity index (χ3n) is 4.77. The van der Waals surface area contributed by atoms with Crippen LogP contribution in [0.4, 0.5) is 0 Å². The number of thiocarbonyl (C=S) groups is 1. The molecule has 0 saturated carbocycles. The summed E-state index contributed by atoms with van der Waals surface area (Å²) in [7, 11) is 0. The maximum atomic E-state index is 12.8. The first-order chi connectivity index (χ1) is 15.1. The zero-order valence-corrected chi connectivity index (χ0v) is 18.2. The van der Waals surface area contributed by atoms with Gasteiger partial charge in [0.25, 0.3) is 5.91 Å². The largest absolute Gasteiger partial charge is 0.489 e. The van der Waals surface area contributed by atoms with E-state index < -0.39 is 0 Å². The van der Waals surface area contributed by atoms with Gasteiger partial charge in [0, 0.05) is 5.56 Å². The molecule has 6 heteroatoms. The monoisotopic (exact) mass is 442 g/mol. The first-order valence-electron chi connectivity index (χ1n) is 9.64. The molecule has 0 atom stereocenters. The van der Waals surface area contributed by atoms with Crippen molar-refractivity contribution in [3.8, 4) is 11.8 Å². The minimum atomic E-state index is -0.0766. The van der Waals surface area contributed by atoms with E-state index in [1.165, 1.54) is 11.8 Å². The van der Waals surface area contributed by atoms with Crippen LogP contribution in [0.3, 0.4) is 0 Å². The number of thioether (sulfide) groups is 1. The van der Waals surface area contributed by atoms with Crippen LogP contribution >= 0.6 is 24.0 Å². The number of benzene rings is 3. The number of carbonyl (C=O) groups excluding carboxylic acids is 1. The summed E-state index contributed by atoms with van der Waals surface area (Å²) in [5.74, 6) is 0.619. The zero-order valence-electron chi connectivity index (χ0n) is 16.5. The average Bonchev–Trinajstić information content (AvgIpc) is 3.07. The predicted molar refractivity (Wildman–Crippen MR) is 127 cm³/mol. The highest BCUT2D eigenvalue weighted by Crippen LogP contribution is 2.33. The van der Waals surface area contributed by atoms with E-state index in [9.17, 15) is 10.1 Å². The Balaban J connectivity index is 1.42. The molecule has 31 heavy (non-hydrogen) atoms. The van der Waals surface area contributed by atoms with Crippen LogP contribution in [0.25, 0.3) is 6.08 Å². The Kier molecular flexibility index (Phi) is 6.46. The van der Waals surface area contributed by atoms with Crippen molar-refractivity contribution in [2.75, 3.05) is 0 Å². The fourth-order valence-corrected chi connectivity index (χ4v) is 4.39. The minimum Gasteiger partial charge on any atom is -0.489 e. The molecule has 1 aliphatic heterocycles. The van der Waals surface area contributed by atoms with Gasteiger partial charge in [0.2, 0.25) is 0 Å². The lowest BCUT2D eigenvalue weighted by molar-refractivity contribution is -0.122. The van der Waals surface area contributed by atoms with Gasteiger partial charge in [0.1, 0.15) is 16.7 Å². The van der Waals surface area contributed by atoms with Gasteiger partial charge in [-0.1, -0.05) is 84.6 Å². The smallest absolute Gasteiger partial charge is 0.266 e. The molecule has 3 aromatic rings. The van der Waals surface area contributed by atoms with Crippen LogP contribution in [0.5, 0.6) is 5.75 Å². The van der Waals surface area contributed by atoms with Crippen LogP contribution in [0.1, 0.15) is 22.3 Å². The van der Waals surface area contributed by atoms with Gasteiger partial charge in [-0.25, -0.2) is 0 Å². The first-order valence-corrected chi connectivity index (χ1v) is 10.9. The van der Waals surface area contributed by atoms with Gasteiger partial charge >= 0.3 is 0 Å². The lowest BCUT2D eigenvalue weighted by Crippen LogP contribution is -2.27. The van der Waals surface area contributed by atoms with Crippen molar-refractivity contribution in [1.82, 2.24) is 4.90 Å². The number of carbonyl (C=O) groups is 1. The van der Waals surface area contributed by atoms with E-state index in [1.54, 1.807) is 11.0 Å². The minimum absolute atomic E-state index is 0.0766. The molecule has 4 rings (SSSR count). The van der Waals surface area contributed by atoms with Crippen molar-refractivity contribution < 1.29 is 9.53 Å². The van der Waals surface area contributed by atoms with Crippen LogP contribution < -0.4 is 4.74 Å². The third-order valence-corrected chi connectivity index (χ3v) is 6.14. The van der Waals surface area contributed by atoms with Crippen molar-refractivity contribution in [3.63, 3.8) is 0 Å². The number of hydrogen-bond donors (Lipinski definition) is 0. The van der Waals surface area contributed by atoms with E-state index in [4.69, 9.17) is 17.0 Å². The number of ether oxygens (including phenoxy) is 1. The number of nitrogens with zero attached hydrogens (tertiary/aromatic N) is 2. The standard InChI is InChI=1S/C25H18N2O2S2/c26-15-20-8-4-5-9-21(20)17-29-22-12-10-18(11-13-22)14-23-24(28)27(25(30)31-23)16-19-6-2-1-3-7-19/h1-14H,16-17H2. The third kappa shape index (κ3) is 5.02. The highest BCUT2D eigenvalue weighted by molar-refractivity contribution is 8.26. The van der Waals surface area contributed by atoms with E-state index in [-0.39, 0.29) is 5.91 Å². The summed E-state index contributed by atoms with van der Waals surface area (Å²) in [5, 5.41) is 9.18. The van der Waals surface area contributed by atoms with Gasteiger partial charge in [-0.15, -0.1) is 0 Å². The molecule has 1 amide bonds. The molecule has 0 unspecified atom stereocenters. The maximum Gasteiger partial charge on any atom is 0.266 e. The summed E-state index contributed by atoms with van der Waals surface area (Å²) in [5.41, 5.74) is 3.39. The maximum absolute atomic E-state index is 12.8. The van der Waals surface area contributed by atoms with E-state index in [0.29, 0.717) is 33.7 Å². The number of hydrogen-bond acceptors (Lipinski definition) is 5. The van der Waals surface area contributed by atoms with Crippen molar-refractivity contribution >= 4 is 40.3 Å². The summed E-state index contributed by atoms with van der Waals surface area (Å²) in [4.78, 5) is 15.0. The van der Waals surface area contributed by atoms with Gasteiger partial charge in [0.05, 0.1) is 23.1 Å². The first kappa shape index (κ1) is 20.9. The van der Waals surface area contributed by atoms with Crippen LogP contribution in [0.15, 0.2) is 83.8 Å².